The molecule has 0 aliphatic rings. The van der Waals surface area contributed by atoms with Gasteiger partial charge in [-0.25, -0.2) is 9.78 Å². The zero-order valence-electron chi connectivity index (χ0n) is 14.3. The van der Waals surface area contributed by atoms with Gasteiger partial charge >= 0.3 is 6.03 Å². The van der Waals surface area contributed by atoms with Crippen molar-refractivity contribution < 1.29 is 4.79 Å². The van der Waals surface area contributed by atoms with Gasteiger partial charge in [-0.3, -0.25) is 15.8 Å². The van der Waals surface area contributed by atoms with Gasteiger partial charge in [-0.15, -0.1) is 0 Å². The number of hydrogen-bond donors (Lipinski definition) is 3. The Morgan fingerprint density at radius 2 is 1.58 bits per heavy atom. The largest absolute Gasteiger partial charge is 0.337 e. The van der Waals surface area contributed by atoms with E-state index < -0.39 is 0 Å². The normalized spacial score (nSPS) is 10.3. The van der Waals surface area contributed by atoms with Crippen LogP contribution in [0, 0.1) is 0 Å². The highest BCUT2D eigenvalue weighted by Gasteiger charge is 2.14. The summed E-state index contributed by atoms with van der Waals surface area (Å²) < 4.78 is 0. The topological polar surface area (TPSA) is 78.9 Å². The average Bonchev–Trinajstić information content (AvgIpc) is 2.72. The summed E-state index contributed by atoms with van der Waals surface area (Å²) in [5, 5.41) is 2.86. The average molecular weight is 347 g/mol. The van der Waals surface area contributed by atoms with Gasteiger partial charge in [0.05, 0.1) is 6.20 Å². The molecule has 2 amide bonds. The van der Waals surface area contributed by atoms with E-state index in [0.29, 0.717) is 12.4 Å². The minimum Gasteiger partial charge on any atom is -0.337 e. The van der Waals surface area contributed by atoms with E-state index in [-0.39, 0.29) is 11.9 Å². The first kappa shape index (κ1) is 17.4. The van der Waals surface area contributed by atoms with E-state index in [0.717, 1.165) is 6.42 Å². The Kier molecular flexibility index (Phi) is 6.14. The van der Waals surface area contributed by atoms with Gasteiger partial charge in [0.25, 0.3) is 0 Å². The van der Waals surface area contributed by atoms with Gasteiger partial charge in [-0.1, -0.05) is 60.7 Å². The van der Waals surface area contributed by atoms with E-state index in [1.807, 2.05) is 36.4 Å². The summed E-state index contributed by atoms with van der Waals surface area (Å²) in [5.74, 6) is 0.708. The van der Waals surface area contributed by atoms with Crippen LogP contribution in [0.4, 0.5) is 10.6 Å². The lowest BCUT2D eigenvalue weighted by Crippen LogP contribution is -2.40. The minimum atomic E-state index is -0.310. The second kappa shape index (κ2) is 9.17. The van der Waals surface area contributed by atoms with Crippen molar-refractivity contribution >= 4 is 11.8 Å². The number of hydrogen-bond acceptors (Lipinski definition) is 4. The summed E-state index contributed by atoms with van der Waals surface area (Å²) in [5.41, 5.74) is 7.73. The molecule has 6 nitrogen and oxygen atoms in total. The lowest BCUT2D eigenvalue weighted by atomic mass is 9.88. The first-order valence-electron chi connectivity index (χ1n) is 8.48. The van der Waals surface area contributed by atoms with Crippen molar-refractivity contribution in [3.05, 3.63) is 90.4 Å². The summed E-state index contributed by atoms with van der Waals surface area (Å²) in [6.45, 7) is 0.544. The molecule has 0 spiro atoms. The Labute approximate surface area is 152 Å². The van der Waals surface area contributed by atoms with E-state index in [9.17, 15) is 4.79 Å². The molecule has 2 aromatic carbocycles. The number of benzene rings is 2. The summed E-state index contributed by atoms with van der Waals surface area (Å²) in [4.78, 5) is 19.9. The van der Waals surface area contributed by atoms with Crippen LogP contribution in [0.3, 0.4) is 0 Å². The molecule has 0 aliphatic carbocycles. The van der Waals surface area contributed by atoms with E-state index >= 15 is 0 Å². The van der Waals surface area contributed by atoms with Crippen molar-refractivity contribution in [3.8, 4) is 0 Å². The highest BCUT2D eigenvalue weighted by molar-refractivity contribution is 5.75. The molecule has 132 valence electrons. The Morgan fingerprint density at radius 1 is 0.923 bits per heavy atom. The van der Waals surface area contributed by atoms with Crippen LogP contribution in [0.15, 0.2) is 79.3 Å². The van der Waals surface area contributed by atoms with Crippen LogP contribution in [0.5, 0.6) is 0 Å². The lowest BCUT2D eigenvalue weighted by Gasteiger charge is -2.18. The molecule has 3 rings (SSSR count). The van der Waals surface area contributed by atoms with Gasteiger partial charge in [0, 0.05) is 24.9 Å². The highest BCUT2D eigenvalue weighted by atomic mass is 16.2. The molecule has 3 N–H and O–H groups in total. The molecule has 0 bridgehead atoms. The number of rotatable bonds is 7. The van der Waals surface area contributed by atoms with E-state index in [1.54, 1.807) is 12.4 Å². The van der Waals surface area contributed by atoms with Crippen molar-refractivity contribution in [1.29, 1.82) is 0 Å². The monoisotopic (exact) mass is 347 g/mol. The van der Waals surface area contributed by atoms with Gasteiger partial charge in [0.15, 0.2) is 5.82 Å². The third kappa shape index (κ3) is 5.04. The molecule has 0 atom stereocenters. The first-order chi connectivity index (χ1) is 12.8. The van der Waals surface area contributed by atoms with Gasteiger partial charge in [-0.05, 0) is 17.5 Å². The number of amides is 2. The Bertz CT molecular complexity index is 757. The molecule has 0 fully saturated rings. The molecular weight excluding hydrogens is 326 g/mol. The predicted octanol–water partition coefficient (Wildman–Crippen LogP) is 3.32. The van der Waals surface area contributed by atoms with Crippen molar-refractivity contribution in [2.45, 2.75) is 12.3 Å². The second-order valence-electron chi connectivity index (χ2n) is 5.76. The Hall–Kier alpha value is -3.41. The highest BCUT2D eigenvalue weighted by Crippen LogP contribution is 2.27. The zero-order valence-corrected chi connectivity index (χ0v) is 14.3. The van der Waals surface area contributed by atoms with Crippen LogP contribution in [0.25, 0.3) is 0 Å². The van der Waals surface area contributed by atoms with E-state index in [4.69, 9.17) is 0 Å². The smallest absolute Gasteiger partial charge is 0.333 e. The Balaban J connectivity index is 1.54. The van der Waals surface area contributed by atoms with Crippen LogP contribution >= 0.6 is 0 Å². The van der Waals surface area contributed by atoms with E-state index in [1.165, 1.54) is 17.3 Å². The maximum absolute atomic E-state index is 11.9. The van der Waals surface area contributed by atoms with Crippen LogP contribution < -0.4 is 16.2 Å². The number of nitrogens with one attached hydrogen (secondary N) is 3. The molecule has 0 saturated carbocycles. The van der Waals surface area contributed by atoms with Crippen molar-refractivity contribution in [2.75, 3.05) is 12.0 Å². The fraction of sp³-hybridized carbons (Fsp3) is 0.150. The number of hydrazine groups is 1. The molecule has 6 heteroatoms. The van der Waals surface area contributed by atoms with Gasteiger partial charge in [-0.2, -0.15) is 0 Å². The summed E-state index contributed by atoms with van der Waals surface area (Å²) >= 11 is 0. The van der Waals surface area contributed by atoms with Crippen molar-refractivity contribution in [3.63, 3.8) is 0 Å². The molecule has 3 aromatic rings. The van der Waals surface area contributed by atoms with Crippen LogP contribution in [-0.4, -0.2) is 22.5 Å². The third-order valence-corrected chi connectivity index (χ3v) is 3.99. The number of anilines is 1. The van der Waals surface area contributed by atoms with Gasteiger partial charge in [0.1, 0.15) is 0 Å². The zero-order chi connectivity index (χ0) is 18.0. The molecular formula is C20H21N5O. The molecule has 1 aromatic heterocycles. The quantitative estimate of drug-likeness (QED) is 0.573. The maximum atomic E-state index is 11.9. The van der Waals surface area contributed by atoms with E-state index in [2.05, 4.69) is 50.4 Å². The first-order valence-corrected chi connectivity index (χ1v) is 8.48. The third-order valence-electron chi connectivity index (χ3n) is 3.99. The Morgan fingerprint density at radius 3 is 2.15 bits per heavy atom. The molecule has 0 radical (unpaired) electrons. The number of urea groups is 1. The fourth-order valence-electron chi connectivity index (χ4n) is 2.76. The fourth-order valence-corrected chi connectivity index (χ4v) is 2.76. The van der Waals surface area contributed by atoms with Crippen LogP contribution in [-0.2, 0) is 0 Å². The van der Waals surface area contributed by atoms with Gasteiger partial charge in [0.2, 0.25) is 0 Å². The number of carbonyl (C=O) groups excluding carboxylic acids is 1. The van der Waals surface area contributed by atoms with Crippen LogP contribution in [0.2, 0.25) is 0 Å². The molecule has 0 aliphatic heterocycles. The molecule has 0 unspecified atom stereocenters. The van der Waals surface area contributed by atoms with Crippen LogP contribution in [0.1, 0.15) is 23.5 Å². The minimum absolute atomic E-state index is 0.227. The predicted molar refractivity (Wildman–Crippen MR) is 102 cm³/mol. The standard InChI is InChI=1S/C20H21N5O/c26-20(25-24-19-15-21-13-14-22-19)23-12-11-18(16-7-3-1-4-8-16)17-9-5-2-6-10-17/h1-10,13-15,18H,11-12H2,(H,22,24)(H2,23,25,26). The SMILES string of the molecule is O=C(NCCC(c1ccccc1)c1ccccc1)NNc1cnccn1. The second-order valence-corrected chi connectivity index (χ2v) is 5.76. The molecule has 1 heterocycles. The maximum Gasteiger partial charge on any atom is 0.333 e. The van der Waals surface area contributed by atoms with Gasteiger partial charge < -0.3 is 5.32 Å². The number of nitrogens with zero attached hydrogens (tertiary/aromatic N) is 2. The summed E-state index contributed by atoms with van der Waals surface area (Å²) in [6, 6.07) is 20.3. The summed E-state index contributed by atoms with van der Waals surface area (Å²) in [7, 11) is 0. The lowest BCUT2D eigenvalue weighted by molar-refractivity contribution is 0.242. The van der Waals surface area contributed by atoms with Crippen molar-refractivity contribution in [2.24, 2.45) is 0 Å². The molecule has 0 saturated heterocycles. The van der Waals surface area contributed by atoms with Crippen molar-refractivity contribution in [1.82, 2.24) is 20.7 Å². The summed E-state index contributed by atoms with van der Waals surface area (Å²) in [6.07, 6.45) is 5.44. The number of carbonyl (C=O) groups is 1. The molecule has 26 heavy (non-hydrogen) atoms. The number of aromatic nitrogens is 2.